The minimum absolute atomic E-state index is 0.0694. The Morgan fingerprint density at radius 2 is 0.870 bits per heavy atom. The number of nitrogens with one attached hydrogen (secondary N) is 1. The van der Waals surface area contributed by atoms with Gasteiger partial charge >= 0.3 is 5.97 Å². The fourth-order valence-electron chi connectivity index (χ4n) is 4.49. The lowest BCUT2D eigenvalue weighted by Crippen LogP contribution is -2.43. The summed E-state index contributed by atoms with van der Waals surface area (Å²) in [5.41, 5.74) is 4.98. The van der Waals surface area contributed by atoms with Crippen LogP contribution >= 0.6 is 0 Å². The average Bonchev–Trinajstić information content (AvgIpc) is 3.00. The van der Waals surface area contributed by atoms with Crippen molar-refractivity contribution in [3.05, 3.63) is 0 Å². The van der Waals surface area contributed by atoms with Crippen molar-refractivity contribution in [2.75, 3.05) is 78.9 Å². The van der Waals surface area contributed by atoms with Crippen molar-refractivity contribution in [2.24, 2.45) is 5.73 Å². The van der Waals surface area contributed by atoms with Gasteiger partial charge in [0.25, 0.3) is 0 Å². The lowest BCUT2D eigenvalue weighted by Gasteiger charge is -2.17. The maximum absolute atomic E-state index is 11.7. The van der Waals surface area contributed by atoms with Crippen LogP contribution in [-0.4, -0.2) is 148 Å². The van der Waals surface area contributed by atoms with Gasteiger partial charge in [-0.25, -0.2) is 4.79 Å². The topological polar surface area (TPSA) is 237 Å². The van der Waals surface area contributed by atoms with E-state index in [4.69, 9.17) is 41.5 Å². The van der Waals surface area contributed by atoms with E-state index >= 15 is 0 Å². The van der Waals surface area contributed by atoms with Gasteiger partial charge in [0.1, 0.15) is 6.04 Å². The van der Waals surface area contributed by atoms with Gasteiger partial charge in [-0.1, -0.05) is 84.0 Å². The average molecular weight is 669 g/mol. The maximum atomic E-state index is 11.7. The molecule has 2 amide bonds. The molecule has 10 N–H and O–H groups in total. The summed E-state index contributed by atoms with van der Waals surface area (Å²) in [6.45, 7) is 5.75. The molecule has 0 heterocycles. The molecule has 0 aromatic heterocycles. The first kappa shape index (κ1) is 48.5. The number of primary amides is 1. The van der Waals surface area contributed by atoms with Crippen molar-refractivity contribution in [1.82, 2.24) is 15.1 Å². The highest BCUT2D eigenvalue weighted by atomic mass is 16.4. The molecule has 0 aromatic carbocycles. The zero-order chi connectivity index (χ0) is 35.3. The van der Waals surface area contributed by atoms with Crippen molar-refractivity contribution >= 4 is 17.8 Å². The van der Waals surface area contributed by atoms with Crippen LogP contribution < -0.4 is 11.1 Å². The van der Waals surface area contributed by atoms with Crippen LogP contribution in [0.2, 0.25) is 0 Å². The molecule has 0 unspecified atom stereocenters. The molecule has 0 aromatic rings. The van der Waals surface area contributed by atoms with Crippen molar-refractivity contribution in [3.63, 3.8) is 0 Å². The largest absolute Gasteiger partial charge is 0.480 e. The molecule has 14 nitrogen and oxygen atoms in total. The summed E-state index contributed by atoms with van der Waals surface area (Å²) in [6, 6.07) is -1.22. The fourth-order valence-corrected chi connectivity index (χ4v) is 4.49. The Bertz CT molecular complexity index is 630. The van der Waals surface area contributed by atoms with Crippen LogP contribution in [0.4, 0.5) is 0 Å². The molecule has 0 saturated heterocycles. The van der Waals surface area contributed by atoms with Gasteiger partial charge in [0.15, 0.2) is 0 Å². The highest BCUT2D eigenvalue weighted by molar-refractivity contribution is 5.88. The summed E-state index contributed by atoms with van der Waals surface area (Å²) in [5, 5.41) is 62.2. The van der Waals surface area contributed by atoms with E-state index in [0.29, 0.717) is 45.7 Å². The number of carboxylic acid groups (broad SMARTS) is 1. The van der Waals surface area contributed by atoms with Crippen LogP contribution in [0.25, 0.3) is 0 Å². The van der Waals surface area contributed by atoms with Crippen LogP contribution in [0.15, 0.2) is 0 Å². The first-order valence-corrected chi connectivity index (χ1v) is 17.1. The van der Waals surface area contributed by atoms with Gasteiger partial charge in [-0.3, -0.25) is 19.4 Å². The van der Waals surface area contributed by atoms with Crippen LogP contribution in [0.5, 0.6) is 0 Å². The highest BCUT2D eigenvalue weighted by Gasteiger charge is 2.21. The molecule has 0 bridgehead atoms. The number of unbranched alkanes of at least 4 members (excludes halogenated alkanes) is 12. The number of carbonyl (C=O) groups excluding carboxylic acids is 2. The van der Waals surface area contributed by atoms with E-state index in [1.165, 1.54) is 64.2 Å². The first-order chi connectivity index (χ1) is 22.2. The molecular formula is C32H68N4O10. The maximum Gasteiger partial charge on any atom is 0.326 e. The second-order valence-electron chi connectivity index (χ2n) is 11.1. The van der Waals surface area contributed by atoms with Gasteiger partial charge < -0.3 is 46.8 Å². The molecular weight excluding hydrogens is 600 g/mol. The van der Waals surface area contributed by atoms with Gasteiger partial charge in [0.05, 0.1) is 46.1 Å². The Morgan fingerprint density at radius 3 is 1.13 bits per heavy atom. The van der Waals surface area contributed by atoms with E-state index in [-0.39, 0.29) is 52.0 Å². The third-order valence-electron chi connectivity index (χ3n) is 7.04. The quantitative estimate of drug-likeness (QED) is 0.0474. The summed E-state index contributed by atoms with van der Waals surface area (Å²) in [6.07, 6.45) is 15.9. The smallest absolute Gasteiger partial charge is 0.326 e. The predicted octanol–water partition coefficient (Wildman–Crippen LogP) is 0.443. The van der Waals surface area contributed by atoms with Gasteiger partial charge in [-0.2, -0.15) is 0 Å². The number of nitrogens with two attached hydrogens (primary N) is 1. The predicted molar refractivity (Wildman–Crippen MR) is 179 cm³/mol. The van der Waals surface area contributed by atoms with Gasteiger partial charge in [-0.05, 0) is 6.42 Å². The molecule has 0 aliphatic heterocycles. The lowest BCUT2D eigenvalue weighted by atomic mass is 10.0. The Hall–Kier alpha value is -1.91. The Balaban J connectivity index is -0.000000752. The Morgan fingerprint density at radius 1 is 0.565 bits per heavy atom. The summed E-state index contributed by atoms with van der Waals surface area (Å²) in [5.74, 6) is -2.30. The van der Waals surface area contributed by atoms with E-state index in [2.05, 4.69) is 12.2 Å². The zero-order valence-electron chi connectivity index (χ0n) is 28.5. The second kappa shape index (κ2) is 39.3. The summed E-state index contributed by atoms with van der Waals surface area (Å²) in [4.78, 5) is 37.0. The van der Waals surface area contributed by atoms with Crippen molar-refractivity contribution in [3.8, 4) is 0 Å². The number of hydrogen-bond acceptors (Lipinski definition) is 11. The first-order valence-electron chi connectivity index (χ1n) is 17.1. The monoisotopic (exact) mass is 668 g/mol. The second-order valence-corrected chi connectivity index (χ2v) is 11.1. The number of aliphatic hydroxyl groups excluding tert-OH is 6. The Kier molecular flexibility index (Phi) is 41.4. The molecule has 0 aliphatic rings. The summed E-state index contributed by atoms with van der Waals surface area (Å²) in [7, 11) is 0. The normalized spacial score (nSPS) is 11.4. The molecule has 46 heavy (non-hydrogen) atoms. The third-order valence-corrected chi connectivity index (χ3v) is 7.04. The number of amides is 2. The molecule has 276 valence electrons. The van der Waals surface area contributed by atoms with Crippen LogP contribution in [0, 0.1) is 0 Å². The fraction of sp³-hybridized carbons (Fsp3) is 0.906. The van der Waals surface area contributed by atoms with Crippen molar-refractivity contribution in [1.29, 1.82) is 0 Å². The minimum Gasteiger partial charge on any atom is -0.480 e. The van der Waals surface area contributed by atoms with Crippen LogP contribution in [0.3, 0.4) is 0 Å². The van der Waals surface area contributed by atoms with Gasteiger partial charge in [-0.15, -0.1) is 0 Å². The zero-order valence-corrected chi connectivity index (χ0v) is 28.5. The molecule has 0 fully saturated rings. The number of aliphatic hydroxyl groups is 6. The minimum atomic E-state index is -1.23. The molecule has 0 aliphatic carbocycles. The number of hydrogen-bond donors (Lipinski definition) is 9. The summed E-state index contributed by atoms with van der Waals surface area (Å²) >= 11 is 0. The number of nitrogens with zero attached hydrogens (tertiary/aromatic N) is 2. The van der Waals surface area contributed by atoms with Crippen LogP contribution in [-0.2, 0) is 14.4 Å². The van der Waals surface area contributed by atoms with E-state index < -0.39 is 17.9 Å². The SMILES string of the molecule is CCCCCCCCCCCCCCCC(=O)N[C@@H](CC(N)=O)C(=O)O.OCCN(CCO)CCO.OCCN(CCO)CCO. The standard InChI is InChI=1S/C20H38N2O4.2C6H15NO3/c1-2-3-4-5-6-7-8-9-10-11-12-13-14-15-19(24)22-17(20(25)26)16-18(21)23;2*8-4-1-7(2-5-9)3-6-10/h17H,2-16H2,1H3,(H2,21,23)(H,22,24)(H,25,26);2*8-10H,1-6H2/t17-;;/m0../s1. The van der Waals surface area contributed by atoms with Crippen molar-refractivity contribution in [2.45, 2.75) is 109 Å². The van der Waals surface area contributed by atoms with E-state index in [1.54, 1.807) is 9.80 Å². The lowest BCUT2D eigenvalue weighted by molar-refractivity contribution is -0.143. The van der Waals surface area contributed by atoms with Gasteiger partial charge in [0, 0.05) is 45.7 Å². The third kappa shape index (κ3) is 38.3. The highest BCUT2D eigenvalue weighted by Crippen LogP contribution is 2.13. The number of carboxylic acids is 1. The number of aliphatic carboxylic acids is 1. The molecule has 0 radical (unpaired) electrons. The van der Waals surface area contributed by atoms with Gasteiger partial charge in [0.2, 0.25) is 11.8 Å². The number of rotatable bonds is 30. The Labute approximate surface area is 277 Å². The molecule has 0 spiro atoms. The molecule has 14 heteroatoms. The molecule has 0 rings (SSSR count). The van der Waals surface area contributed by atoms with E-state index in [9.17, 15) is 14.4 Å². The number of carbonyl (C=O) groups is 3. The van der Waals surface area contributed by atoms with E-state index in [1.807, 2.05) is 0 Å². The molecule has 0 saturated carbocycles. The van der Waals surface area contributed by atoms with Crippen molar-refractivity contribution < 1.29 is 50.1 Å². The van der Waals surface area contributed by atoms with E-state index in [0.717, 1.165) is 19.3 Å². The van der Waals surface area contributed by atoms with Crippen LogP contribution in [0.1, 0.15) is 103 Å². The molecule has 1 atom stereocenters. The summed E-state index contributed by atoms with van der Waals surface area (Å²) < 4.78 is 0.